The van der Waals surface area contributed by atoms with Crippen LogP contribution < -0.4 is 10.5 Å². The van der Waals surface area contributed by atoms with Crippen LogP contribution in [-0.2, 0) is 10.0 Å². The molecule has 0 aliphatic heterocycles. The second-order valence-corrected chi connectivity index (χ2v) is 6.52. The molecule has 0 saturated heterocycles. The quantitative estimate of drug-likeness (QED) is 0.854. The first kappa shape index (κ1) is 14.4. The molecule has 0 fully saturated rings. The molecule has 0 heterocycles. The van der Waals surface area contributed by atoms with Crippen LogP contribution >= 0.6 is 0 Å². The number of hydrogen-bond donors (Lipinski definition) is 2. The molecule has 3 N–H and O–H groups in total. The molecule has 0 amide bonds. The van der Waals surface area contributed by atoms with E-state index in [0.717, 1.165) is 5.56 Å². The standard InChI is InChI=1S/C15H18N2O2S/c1-10-5-4-6-13(9-10)17-20(18,19)15-11(2)7-8-14(16)12(15)3/h4-9,17H,16H2,1-3H3. The second kappa shape index (κ2) is 5.17. The number of sulfonamides is 1. The lowest BCUT2D eigenvalue weighted by atomic mass is 10.1. The van der Waals surface area contributed by atoms with Crippen LogP contribution in [0.5, 0.6) is 0 Å². The fourth-order valence-electron chi connectivity index (χ4n) is 2.17. The minimum atomic E-state index is -3.64. The molecule has 0 bridgehead atoms. The molecule has 2 rings (SSSR count). The molecule has 0 atom stereocenters. The van der Waals surface area contributed by atoms with Crippen molar-refractivity contribution in [3.8, 4) is 0 Å². The number of hydrogen-bond acceptors (Lipinski definition) is 3. The van der Waals surface area contributed by atoms with Gasteiger partial charge in [-0.15, -0.1) is 0 Å². The molecule has 0 radical (unpaired) electrons. The molecule has 0 unspecified atom stereocenters. The lowest BCUT2D eigenvalue weighted by Crippen LogP contribution is -2.16. The molecule has 5 heteroatoms. The van der Waals surface area contributed by atoms with Gasteiger partial charge in [0, 0.05) is 11.4 Å². The summed E-state index contributed by atoms with van der Waals surface area (Å²) in [6, 6.07) is 10.7. The van der Waals surface area contributed by atoms with Crippen molar-refractivity contribution in [1.82, 2.24) is 0 Å². The van der Waals surface area contributed by atoms with Gasteiger partial charge in [0.2, 0.25) is 0 Å². The SMILES string of the molecule is Cc1cccc(NS(=O)(=O)c2c(C)ccc(N)c2C)c1. The predicted molar refractivity (Wildman–Crippen MR) is 82.3 cm³/mol. The summed E-state index contributed by atoms with van der Waals surface area (Å²) in [5.74, 6) is 0. The molecular formula is C15H18N2O2S. The summed E-state index contributed by atoms with van der Waals surface area (Å²) in [4.78, 5) is 0.249. The Morgan fingerprint density at radius 2 is 1.75 bits per heavy atom. The molecule has 0 aliphatic rings. The van der Waals surface area contributed by atoms with Gasteiger partial charge in [-0.2, -0.15) is 0 Å². The monoisotopic (exact) mass is 290 g/mol. The molecule has 2 aromatic rings. The van der Waals surface area contributed by atoms with Crippen molar-refractivity contribution in [3.63, 3.8) is 0 Å². The number of nitrogen functional groups attached to an aromatic ring is 1. The van der Waals surface area contributed by atoms with E-state index in [0.29, 0.717) is 22.5 Å². The van der Waals surface area contributed by atoms with Crippen molar-refractivity contribution >= 4 is 21.4 Å². The van der Waals surface area contributed by atoms with Crippen molar-refractivity contribution in [2.75, 3.05) is 10.5 Å². The summed E-state index contributed by atoms with van der Waals surface area (Å²) in [5, 5.41) is 0. The molecule has 2 aromatic carbocycles. The van der Waals surface area contributed by atoms with Crippen molar-refractivity contribution in [2.24, 2.45) is 0 Å². The molecule has 0 saturated carbocycles. The number of rotatable bonds is 3. The van der Waals surface area contributed by atoms with Gasteiger partial charge in [0.25, 0.3) is 10.0 Å². The lowest BCUT2D eigenvalue weighted by molar-refractivity contribution is 0.600. The van der Waals surface area contributed by atoms with E-state index in [1.807, 2.05) is 19.1 Å². The van der Waals surface area contributed by atoms with E-state index in [2.05, 4.69) is 4.72 Å². The van der Waals surface area contributed by atoms with Crippen LogP contribution in [0.1, 0.15) is 16.7 Å². The van der Waals surface area contributed by atoms with Crippen LogP contribution in [-0.4, -0.2) is 8.42 Å². The summed E-state index contributed by atoms with van der Waals surface area (Å²) in [6.45, 7) is 5.39. The van der Waals surface area contributed by atoms with Gasteiger partial charge in [0.05, 0.1) is 4.90 Å². The Labute approximate surface area is 119 Å². The van der Waals surface area contributed by atoms with E-state index in [4.69, 9.17) is 5.73 Å². The molecule has 0 aromatic heterocycles. The van der Waals surface area contributed by atoms with E-state index in [1.165, 1.54) is 0 Å². The number of benzene rings is 2. The Kier molecular flexibility index (Phi) is 3.72. The first-order valence-corrected chi connectivity index (χ1v) is 7.75. The maximum atomic E-state index is 12.5. The Morgan fingerprint density at radius 3 is 2.40 bits per heavy atom. The van der Waals surface area contributed by atoms with Gasteiger partial charge in [-0.05, 0) is 55.7 Å². The molecule has 106 valence electrons. The molecule has 20 heavy (non-hydrogen) atoms. The lowest BCUT2D eigenvalue weighted by Gasteiger charge is -2.14. The zero-order valence-electron chi connectivity index (χ0n) is 11.8. The van der Waals surface area contributed by atoms with E-state index >= 15 is 0 Å². The van der Waals surface area contributed by atoms with Crippen molar-refractivity contribution in [2.45, 2.75) is 25.7 Å². The number of aryl methyl sites for hydroxylation is 2. The van der Waals surface area contributed by atoms with Gasteiger partial charge in [-0.3, -0.25) is 4.72 Å². The van der Waals surface area contributed by atoms with Crippen LogP contribution in [0.2, 0.25) is 0 Å². The third kappa shape index (κ3) is 2.77. The van der Waals surface area contributed by atoms with Crippen LogP contribution in [0.4, 0.5) is 11.4 Å². The van der Waals surface area contributed by atoms with Crippen LogP contribution in [0, 0.1) is 20.8 Å². The third-order valence-corrected chi connectivity index (χ3v) is 4.85. The number of anilines is 2. The van der Waals surface area contributed by atoms with Crippen LogP contribution in [0.3, 0.4) is 0 Å². The molecule has 0 spiro atoms. The Bertz CT molecular complexity index is 752. The van der Waals surface area contributed by atoms with E-state index in [-0.39, 0.29) is 4.90 Å². The smallest absolute Gasteiger partial charge is 0.262 e. The molecular weight excluding hydrogens is 272 g/mol. The fourth-order valence-corrected chi connectivity index (χ4v) is 3.72. The van der Waals surface area contributed by atoms with Gasteiger partial charge in [0.1, 0.15) is 0 Å². The number of nitrogens with one attached hydrogen (secondary N) is 1. The average Bonchev–Trinajstić information content (AvgIpc) is 2.33. The van der Waals surface area contributed by atoms with Gasteiger partial charge >= 0.3 is 0 Å². The fraction of sp³-hybridized carbons (Fsp3) is 0.200. The summed E-state index contributed by atoms with van der Waals surface area (Å²) in [6.07, 6.45) is 0. The van der Waals surface area contributed by atoms with E-state index in [9.17, 15) is 8.42 Å². The summed E-state index contributed by atoms with van der Waals surface area (Å²) < 4.78 is 27.7. The van der Waals surface area contributed by atoms with Crippen molar-refractivity contribution < 1.29 is 8.42 Å². The highest BCUT2D eigenvalue weighted by Crippen LogP contribution is 2.26. The maximum Gasteiger partial charge on any atom is 0.262 e. The van der Waals surface area contributed by atoms with Crippen molar-refractivity contribution in [3.05, 3.63) is 53.1 Å². The highest BCUT2D eigenvalue weighted by atomic mass is 32.2. The largest absolute Gasteiger partial charge is 0.398 e. The second-order valence-electron chi connectivity index (χ2n) is 4.90. The van der Waals surface area contributed by atoms with Gasteiger partial charge < -0.3 is 5.73 Å². The molecule has 0 aliphatic carbocycles. The van der Waals surface area contributed by atoms with Crippen LogP contribution in [0.25, 0.3) is 0 Å². The average molecular weight is 290 g/mol. The molecule has 4 nitrogen and oxygen atoms in total. The van der Waals surface area contributed by atoms with E-state index in [1.54, 1.807) is 38.1 Å². The maximum absolute atomic E-state index is 12.5. The first-order chi connectivity index (χ1) is 9.31. The zero-order chi connectivity index (χ0) is 14.9. The highest BCUT2D eigenvalue weighted by Gasteiger charge is 2.20. The first-order valence-electron chi connectivity index (χ1n) is 6.26. The Morgan fingerprint density at radius 1 is 1.05 bits per heavy atom. The topological polar surface area (TPSA) is 72.2 Å². The third-order valence-electron chi connectivity index (χ3n) is 3.18. The van der Waals surface area contributed by atoms with Crippen LogP contribution in [0.15, 0.2) is 41.3 Å². The Balaban J connectivity index is 2.49. The Hall–Kier alpha value is -2.01. The summed E-state index contributed by atoms with van der Waals surface area (Å²) in [7, 11) is -3.64. The zero-order valence-corrected chi connectivity index (χ0v) is 12.6. The minimum Gasteiger partial charge on any atom is -0.398 e. The van der Waals surface area contributed by atoms with E-state index < -0.39 is 10.0 Å². The predicted octanol–water partition coefficient (Wildman–Crippen LogP) is 2.99. The number of nitrogens with two attached hydrogens (primary N) is 1. The van der Waals surface area contributed by atoms with Crippen molar-refractivity contribution in [1.29, 1.82) is 0 Å². The highest BCUT2D eigenvalue weighted by molar-refractivity contribution is 7.92. The summed E-state index contributed by atoms with van der Waals surface area (Å²) in [5.41, 5.74) is 9.08. The minimum absolute atomic E-state index is 0.249. The summed E-state index contributed by atoms with van der Waals surface area (Å²) >= 11 is 0. The van der Waals surface area contributed by atoms with Gasteiger partial charge in [-0.1, -0.05) is 18.2 Å². The van der Waals surface area contributed by atoms with Gasteiger partial charge in [-0.25, -0.2) is 8.42 Å². The van der Waals surface area contributed by atoms with Gasteiger partial charge in [0.15, 0.2) is 0 Å². The normalized spacial score (nSPS) is 11.3.